The van der Waals surface area contributed by atoms with Crippen LogP contribution in [0, 0.1) is 13.8 Å². The summed E-state index contributed by atoms with van der Waals surface area (Å²) in [5.74, 6) is -0.915. The van der Waals surface area contributed by atoms with Crippen molar-refractivity contribution in [3.63, 3.8) is 0 Å². The molecule has 0 fully saturated rings. The van der Waals surface area contributed by atoms with E-state index in [0.717, 1.165) is 21.0 Å². The van der Waals surface area contributed by atoms with Crippen LogP contribution in [0.4, 0.5) is 5.69 Å². The van der Waals surface area contributed by atoms with Crippen molar-refractivity contribution in [1.82, 2.24) is 10.2 Å². The first-order valence-corrected chi connectivity index (χ1v) is 14.3. The van der Waals surface area contributed by atoms with Crippen molar-refractivity contribution in [2.75, 3.05) is 17.4 Å². The Kier molecular flexibility index (Phi) is 9.82. The molecule has 1 N–H and O–H groups in total. The lowest BCUT2D eigenvalue weighted by Gasteiger charge is -2.32. The van der Waals surface area contributed by atoms with Gasteiger partial charge in [-0.2, -0.15) is 0 Å². The van der Waals surface area contributed by atoms with Crippen LogP contribution >= 0.6 is 23.2 Å². The number of anilines is 1. The third-order valence-electron chi connectivity index (χ3n) is 6.18. The lowest BCUT2D eigenvalue weighted by atomic mass is 10.1. The Labute approximate surface area is 234 Å². The molecule has 7 nitrogen and oxygen atoms in total. The van der Waals surface area contributed by atoms with E-state index in [9.17, 15) is 18.0 Å². The van der Waals surface area contributed by atoms with E-state index in [1.807, 2.05) is 38.1 Å². The third kappa shape index (κ3) is 6.87. The smallest absolute Gasteiger partial charge is 0.264 e. The van der Waals surface area contributed by atoms with E-state index in [1.54, 1.807) is 26.0 Å². The molecular weight excluding hydrogens is 545 g/mol. The maximum atomic E-state index is 13.9. The highest BCUT2D eigenvalue weighted by atomic mass is 35.5. The Hall–Kier alpha value is -3.07. The summed E-state index contributed by atoms with van der Waals surface area (Å²) in [6.45, 7) is 7.08. The number of likely N-dealkylation sites (N-methyl/N-ethyl adjacent to an activating group) is 1. The first-order valence-electron chi connectivity index (χ1n) is 12.1. The highest BCUT2D eigenvalue weighted by molar-refractivity contribution is 7.92. The fourth-order valence-electron chi connectivity index (χ4n) is 3.90. The molecule has 1 unspecified atom stereocenters. The highest BCUT2D eigenvalue weighted by Gasteiger charge is 2.33. The molecule has 2 amide bonds. The molecule has 10 heteroatoms. The van der Waals surface area contributed by atoms with Crippen LogP contribution in [0.25, 0.3) is 0 Å². The molecule has 0 saturated carbocycles. The van der Waals surface area contributed by atoms with Crippen molar-refractivity contribution in [1.29, 1.82) is 0 Å². The molecule has 0 spiro atoms. The number of sulfonamides is 1. The van der Waals surface area contributed by atoms with Crippen molar-refractivity contribution < 1.29 is 18.0 Å². The number of rotatable bonds is 10. The van der Waals surface area contributed by atoms with Crippen LogP contribution in [-0.4, -0.2) is 44.3 Å². The molecule has 0 saturated heterocycles. The summed E-state index contributed by atoms with van der Waals surface area (Å²) >= 11 is 12.6. The number of carbonyl (C=O) groups is 2. The van der Waals surface area contributed by atoms with Crippen molar-refractivity contribution in [3.8, 4) is 0 Å². The van der Waals surface area contributed by atoms with E-state index in [1.165, 1.54) is 35.2 Å². The number of hydrogen-bond acceptors (Lipinski definition) is 4. The molecule has 0 aromatic heterocycles. The minimum atomic E-state index is -4.23. The normalized spacial score (nSPS) is 12.1. The zero-order chi connectivity index (χ0) is 28.0. The minimum Gasteiger partial charge on any atom is -0.355 e. The first kappa shape index (κ1) is 29.5. The molecule has 0 aliphatic heterocycles. The van der Waals surface area contributed by atoms with Crippen LogP contribution in [-0.2, 0) is 26.2 Å². The van der Waals surface area contributed by atoms with E-state index in [0.29, 0.717) is 6.54 Å². The number of benzene rings is 3. The van der Waals surface area contributed by atoms with Crippen molar-refractivity contribution in [2.24, 2.45) is 0 Å². The van der Waals surface area contributed by atoms with E-state index in [4.69, 9.17) is 23.2 Å². The fourth-order valence-corrected chi connectivity index (χ4v) is 5.76. The minimum absolute atomic E-state index is 0.00540. The molecule has 0 aliphatic carbocycles. The average Bonchev–Trinajstić information content (AvgIpc) is 2.88. The fraction of sp³-hybridized carbons (Fsp3) is 0.286. The van der Waals surface area contributed by atoms with Gasteiger partial charge in [0.1, 0.15) is 12.6 Å². The van der Waals surface area contributed by atoms with E-state index in [2.05, 4.69) is 5.32 Å². The van der Waals surface area contributed by atoms with Gasteiger partial charge in [-0.1, -0.05) is 65.2 Å². The van der Waals surface area contributed by atoms with E-state index >= 15 is 0 Å². The summed E-state index contributed by atoms with van der Waals surface area (Å²) in [4.78, 5) is 28.1. The number of nitrogens with one attached hydrogen (secondary N) is 1. The molecule has 0 heterocycles. The lowest BCUT2D eigenvalue weighted by molar-refractivity contribution is -0.139. The second-order valence-corrected chi connectivity index (χ2v) is 11.6. The van der Waals surface area contributed by atoms with Gasteiger partial charge in [0, 0.05) is 18.1 Å². The van der Waals surface area contributed by atoms with Gasteiger partial charge < -0.3 is 10.2 Å². The van der Waals surface area contributed by atoms with Gasteiger partial charge in [0.2, 0.25) is 11.8 Å². The van der Waals surface area contributed by atoms with Crippen LogP contribution in [0.3, 0.4) is 0 Å². The second-order valence-electron chi connectivity index (χ2n) is 8.94. The number of halogens is 2. The Morgan fingerprint density at radius 1 is 0.974 bits per heavy atom. The zero-order valence-corrected chi connectivity index (χ0v) is 24.1. The van der Waals surface area contributed by atoms with Gasteiger partial charge in [0.05, 0.1) is 15.6 Å². The number of hydrogen-bond donors (Lipinski definition) is 1. The summed E-state index contributed by atoms with van der Waals surface area (Å²) in [5, 5.41) is 3.11. The number of nitrogens with zero attached hydrogens (tertiary/aromatic N) is 2. The lowest BCUT2D eigenvalue weighted by Crippen LogP contribution is -2.51. The first-order chi connectivity index (χ1) is 17.9. The Morgan fingerprint density at radius 2 is 1.63 bits per heavy atom. The molecule has 202 valence electrons. The topological polar surface area (TPSA) is 86.8 Å². The van der Waals surface area contributed by atoms with Gasteiger partial charge in [-0.3, -0.25) is 13.9 Å². The predicted octanol–water partition coefficient (Wildman–Crippen LogP) is 5.36. The van der Waals surface area contributed by atoms with Gasteiger partial charge in [0.15, 0.2) is 0 Å². The summed E-state index contributed by atoms with van der Waals surface area (Å²) in [6, 6.07) is 17.4. The quantitative estimate of drug-likeness (QED) is 0.352. The summed E-state index contributed by atoms with van der Waals surface area (Å²) in [6.07, 6.45) is 0. The van der Waals surface area contributed by atoms with Crippen LogP contribution in [0.15, 0.2) is 71.6 Å². The Bertz CT molecular complexity index is 1410. The molecule has 3 aromatic carbocycles. The van der Waals surface area contributed by atoms with Crippen LogP contribution in [0.1, 0.15) is 30.5 Å². The number of aryl methyl sites for hydroxylation is 2. The molecule has 1 atom stereocenters. The van der Waals surface area contributed by atoms with Gasteiger partial charge in [-0.05, 0) is 69.2 Å². The SMILES string of the molecule is CCNC(=O)C(C)N(Cc1ccccc1C)C(=O)CN(c1cc(Cl)ccc1Cl)S(=O)(=O)c1ccc(C)cc1. The molecule has 0 radical (unpaired) electrons. The zero-order valence-electron chi connectivity index (χ0n) is 21.7. The van der Waals surface area contributed by atoms with Crippen LogP contribution in [0.2, 0.25) is 10.0 Å². The predicted molar refractivity (Wildman–Crippen MR) is 152 cm³/mol. The van der Waals surface area contributed by atoms with Crippen LogP contribution in [0.5, 0.6) is 0 Å². The number of amides is 2. The largest absolute Gasteiger partial charge is 0.355 e. The third-order valence-corrected chi connectivity index (χ3v) is 8.51. The van der Waals surface area contributed by atoms with Crippen molar-refractivity contribution in [2.45, 2.75) is 45.2 Å². The van der Waals surface area contributed by atoms with Gasteiger partial charge >= 0.3 is 0 Å². The molecule has 38 heavy (non-hydrogen) atoms. The standard InChI is InChI=1S/C28H31Cl2N3O4S/c1-5-31-28(35)21(4)32(17-22-9-7-6-8-20(22)3)27(34)18-33(26-16-23(29)12-15-25(26)30)38(36,37)24-13-10-19(2)11-14-24/h6-16,21H,5,17-18H2,1-4H3,(H,31,35). The van der Waals surface area contributed by atoms with E-state index in [-0.39, 0.29) is 33.1 Å². The highest BCUT2D eigenvalue weighted by Crippen LogP contribution is 2.33. The van der Waals surface area contributed by atoms with Gasteiger partial charge in [-0.15, -0.1) is 0 Å². The Balaban J connectivity index is 2.09. The molecule has 3 rings (SSSR count). The Morgan fingerprint density at radius 3 is 2.26 bits per heavy atom. The van der Waals surface area contributed by atoms with Crippen molar-refractivity contribution >= 4 is 50.7 Å². The molecular formula is C28H31Cl2N3O4S. The molecule has 0 bridgehead atoms. The van der Waals surface area contributed by atoms with E-state index < -0.39 is 28.5 Å². The second kappa shape index (κ2) is 12.7. The van der Waals surface area contributed by atoms with Gasteiger partial charge in [0.25, 0.3) is 10.0 Å². The summed E-state index contributed by atoms with van der Waals surface area (Å²) < 4.78 is 28.7. The summed E-state index contributed by atoms with van der Waals surface area (Å²) in [5.41, 5.74) is 2.73. The maximum Gasteiger partial charge on any atom is 0.264 e. The van der Waals surface area contributed by atoms with Crippen LogP contribution < -0.4 is 9.62 Å². The average molecular weight is 577 g/mol. The maximum absolute atomic E-state index is 13.9. The monoisotopic (exact) mass is 575 g/mol. The number of carbonyl (C=O) groups excluding carboxylic acids is 2. The summed E-state index contributed by atoms with van der Waals surface area (Å²) in [7, 11) is -4.23. The van der Waals surface area contributed by atoms with Crippen molar-refractivity contribution in [3.05, 3.63) is 93.5 Å². The molecule has 0 aliphatic rings. The van der Waals surface area contributed by atoms with Gasteiger partial charge in [-0.25, -0.2) is 8.42 Å². The molecule has 3 aromatic rings.